The van der Waals surface area contributed by atoms with Gasteiger partial charge in [-0.15, -0.1) is 0 Å². The van der Waals surface area contributed by atoms with E-state index in [4.69, 9.17) is 28.8 Å². The number of nitrogen functional groups attached to an aromatic ring is 1. The molecule has 1 aromatic heterocycles. The molecule has 2 heterocycles. The van der Waals surface area contributed by atoms with Crippen molar-refractivity contribution < 1.29 is 25.9 Å². The maximum Gasteiger partial charge on any atom is 0.305 e. The predicted octanol–water partition coefficient (Wildman–Crippen LogP) is 5.39. The van der Waals surface area contributed by atoms with E-state index in [-0.39, 0.29) is 23.6 Å². The molecule has 0 radical (unpaired) electrons. The van der Waals surface area contributed by atoms with E-state index in [1.165, 1.54) is 55.4 Å². The minimum Gasteiger partial charge on any atom is -0.463 e. The topological polar surface area (TPSA) is 120 Å². The molecule has 8 nitrogen and oxygen atoms in total. The third kappa shape index (κ3) is 11.1. The van der Waals surface area contributed by atoms with Gasteiger partial charge in [0.2, 0.25) is 4.77 Å². The van der Waals surface area contributed by atoms with Crippen molar-refractivity contribution in [3.05, 3.63) is 29.2 Å². The molecule has 1 saturated heterocycles. The molecule has 0 saturated carbocycles. The van der Waals surface area contributed by atoms with Crippen LogP contribution in [0.3, 0.4) is 0 Å². The summed E-state index contributed by atoms with van der Waals surface area (Å²) in [5, 5.41) is 20.7. The van der Waals surface area contributed by atoms with Gasteiger partial charge in [0.25, 0.3) is 0 Å². The molecule has 36 heavy (non-hydrogen) atoms. The number of unbranched alkanes of at least 4 members (excludes halogenated alkanes) is 9. The third-order valence-electron chi connectivity index (χ3n) is 6.35. The number of carbonyl (C=O) groups excluding carboxylic acids is 1. The van der Waals surface area contributed by atoms with Crippen molar-refractivity contribution in [3.63, 3.8) is 0 Å². The van der Waals surface area contributed by atoms with E-state index < -0.39 is 36.9 Å². The highest BCUT2D eigenvalue weighted by molar-refractivity contribution is 7.71. The van der Waals surface area contributed by atoms with Crippen molar-refractivity contribution in [1.82, 2.24) is 9.55 Å². The minimum atomic E-state index is -1.27. The molecule has 2 unspecified atom stereocenters. The summed E-state index contributed by atoms with van der Waals surface area (Å²) in [7, 11) is 0. The molecule has 1 aromatic rings. The zero-order chi connectivity index (χ0) is 27.0. The normalized spacial score (nSPS) is 23.1. The standard InChI is InChI=1S/C27H45N3O5S/c1-2-3-4-5-6-7-8-9-10-11-12-13-14-15-16-17-23(31)34-20-21-24(32)25(33)26(35-21)30-19-18-22(28)29-27(30)36/h9-10,18-19,21,24-26,32-33H,2-8,11-17,20H2,1H3,(H2,28,29,36)/b10-9-/t21-,24-,25+,26?/m1/s1/i16D/t16?,21-,24-,25+,26?. The molecule has 1 aliphatic rings. The number of ether oxygens (including phenoxy) is 2. The fourth-order valence-electron chi connectivity index (χ4n) is 4.18. The Morgan fingerprint density at radius 1 is 1.14 bits per heavy atom. The fourth-order valence-corrected chi connectivity index (χ4v) is 4.45. The lowest BCUT2D eigenvalue weighted by molar-refractivity contribution is -0.150. The summed E-state index contributed by atoms with van der Waals surface area (Å²) in [6.45, 7) is 2.02. The van der Waals surface area contributed by atoms with Crippen LogP contribution in [-0.2, 0) is 14.3 Å². The maximum absolute atomic E-state index is 12.2. The van der Waals surface area contributed by atoms with E-state index in [9.17, 15) is 15.0 Å². The number of nitrogens with two attached hydrogens (primary N) is 1. The number of allylic oxidation sites excluding steroid dienone is 2. The lowest BCUT2D eigenvalue weighted by Gasteiger charge is -2.18. The van der Waals surface area contributed by atoms with Crippen molar-refractivity contribution >= 4 is 24.0 Å². The van der Waals surface area contributed by atoms with Crippen molar-refractivity contribution in [2.24, 2.45) is 0 Å². The Balaban J connectivity index is 1.55. The van der Waals surface area contributed by atoms with Gasteiger partial charge in [-0.3, -0.25) is 9.36 Å². The van der Waals surface area contributed by atoms with Crippen LogP contribution in [0.25, 0.3) is 0 Å². The van der Waals surface area contributed by atoms with Gasteiger partial charge in [-0.25, -0.2) is 4.98 Å². The summed E-state index contributed by atoms with van der Waals surface area (Å²) in [6.07, 6.45) is 15.0. The van der Waals surface area contributed by atoms with E-state index in [0.29, 0.717) is 6.42 Å². The molecule has 5 atom stereocenters. The van der Waals surface area contributed by atoms with Crippen LogP contribution in [0.5, 0.6) is 0 Å². The molecular weight excluding hydrogens is 478 g/mol. The van der Waals surface area contributed by atoms with Crippen LogP contribution >= 0.6 is 12.2 Å². The van der Waals surface area contributed by atoms with Gasteiger partial charge in [0, 0.05) is 14.0 Å². The van der Waals surface area contributed by atoms with Gasteiger partial charge >= 0.3 is 5.97 Å². The number of hydrogen-bond acceptors (Lipinski definition) is 8. The van der Waals surface area contributed by atoms with Crippen LogP contribution in [0.1, 0.15) is 104 Å². The number of nitrogens with zero attached hydrogens (tertiary/aromatic N) is 2. The summed E-state index contributed by atoms with van der Waals surface area (Å²) in [4.78, 5) is 16.1. The van der Waals surface area contributed by atoms with Crippen LogP contribution in [0.2, 0.25) is 0 Å². The Bertz CT molecular complexity index is 884. The number of aliphatic hydroxyl groups excluding tert-OH is 2. The quantitative estimate of drug-likeness (QED) is 0.101. The summed E-state index contributed by atoms with van der Waals surface area (Å²) in [5.74, 6) is -0.280. The average molecular weight is 525 g/mol. The highest BCUT2D eigenvalue weighted by Gasteiger charge is 2.44. The minimum absolute atomic E-state index is 0.0140. The van der Waals surface area contributed by atoms with E-state index >= 15 is 0 Å². The zero-order valence-electron chi connectivity index (χ0n) is 22.6. The molecule has 1 fully saturated rings. The van der Waals surface area contributed by atoms with Gasteiger partial charge in [0.05, 0.1) is 0 Å². The van der Waals surface area contributed by atoms with Crippen molar-refractivity contribution in [1.29, 1.82) is 0 Å². The van der Waals surface area contributed by atoms with E-state index in [1.807, 2.05) is 0 Å². The molecule has 204 valence electrons. The molecule has 0 spiro atoms. The highest BCUT2D eigenvalue weighted by atomic mass is 32.1. The first-order valence-corrected chi connectivity index (χ1v) is 13.8. The molecule has 4 N–H and O–H groups in total. The molecule has 1 aliphatic heterocycles. The number of hydrogen-bond donors (Lipinski definition) is 3. The molecule has 0 aromatic carbocycles. The Labute approximate surface area is 222 Å². The van der Waals surface area contributed by atoms with Gasteiger partial charge < -0.3 is 25.4 Å². The Morgan fingerprint density at radius 2 is 1.78 bits per heavy atom. The number of rotatable bonds is 18. The number of aliphatic hydroxyl groups is 2. The lowest BCUT2D eigenvalue weighted by atomic mass is 10.1. The van der Waals surface area contributed by atoms with Crippen LogP contribution < -0.4 is 5.73 Å². The first-order valence-electron chi connectivity index (χ1n) is 14.0. The smallest absolute Gasteiger partial charge is 0.305 e. The van der Waals surface area contributed by atoms with Gasteiger partial charge in [-0.1, -0.05) is 70.4 Å². The monoisotopic (exact) mass is 524 g/mol. The summed E-state index contributed by atoms with van der Waals surface area (Å²) in [5.41, 5.74) is 5.60. The van der Waals surface area contributed by atoms with Crippen molar-refractivity contribution in [2.45, 2.75) is 121 Å². The predicted molar refractivity (Wildman–Crippen MR) is 144 cm³/mol. The fraction of sp³-hybridized carbons (Fsp3) is 0.741. The van der Waals surface area contributed by atoms with Gasteiger partial charge in [-0.2, -0.15) is 0 Å². The maximum atomic E-state index is 12.2. The van der Waals surface area contributed by atoms with Crippen molar-refractivity contribution in [2.75, 3.05) is 12.3 Å². The average Bonchev–Trinajstić information content (AvgIpc) is 3.14. The second kappa shape index (κ2) is 17.6. The van der Waals surface area contributed by atoms with Crippen molar-refractivity contribution in [3.8, 4) is 0 Å². The number of esters is 1. The van der Waals surface area contributed by atoms with Gasteiger partial charge in [-0.05, 0) is 50.4 Å². The van der Waals surface area contributed by atoms with Gasteiger partial charge in [0.1, 0.15) is 30.7 Å². The molecule has 2 rings (SSSR count). The van der Waals surface area contributed by atoms with E-state index in [1.54, 1.807) is 0 Å². The van der Waals surface area contributed by atoms with E-state index in [0.717, 1.165) is 32.1 Å². The third-order valence-corrected chi connectivity index (χ3v) is 6.65. The Hall–Kier alpha value is -1.81. The highest BCUT2D eigenvalue weighted by Crippen LogP contribution is 2.30. The SMILES string of the molecule is [2H]C(CCCCC/C=C\CCCCCCCC)CC(=O)OC[C@H]1OC(n2ccc(N)nc2=S)[C@@H](O)[C@@H]1O. The Morgan fingerprint density at radius 3 is 2.44 bits per heavy atom. The second-order valence-corrected chi connectivity index (χ2v) is 9.80. The summed E-state index contributed by atoms with van der Waals surface area (Å²) >= 11 is 5.14. The molecular formula is C27H45N3O5S. The molecule has 0 amide bonds. The number of carbonyl (C=O) groups is 1. The molecule has 0 bridgehead atoms. The van der Waals surface area contributed by atoms with Crippen LogP contribution in [0.4, 0.5) is 5.82 Å². The van der Waals surface area contributed by atoms with Crippen LogP contribution in [0.15, 0.2) is 24.4 Å². The molecule has 9 heteroatoms. The van der Waals surface area contributed by atoms with E-state index in [2.05, 4.69) is 24.1 Å². The largest absolute Gasteiger partial charge is 0.463 e. The van der Waals surface area contributed by atoms with Gasteiger partial charge in [0.15, 0.2) is 6.23 Å². The summed E-state index contributed by atoms with van der Waals surface area (Å²) in [6, 6.07) is 1.51. The number of aromatic nitrogens is 2. The first kappa shape index (κ1) is 28.8. The Kier molecular flexibility index (Phi) is 14.1. The van der Waals surface area contributed by atoms with Crippen LogP contribution in [-0.4, -0.2) is 50.7 Å². The first-order chi connectivity index (χ1) is 17.8. The second-order valence-electron chi connectivity index (χ2n) is 9.43. The molecule has 0 aliphatic carbocycles. The number of anilines is 1. The summed E-state index contributed by atoms with van der Waals surface area (Å²) < 4.78 is 20.6. The zero-order valence-corrected chi connectivity index (χ0v) is 22.4. The van der Waals surface area contributed by atoms with Crippen LogP contribution in [0, 0.1) is 4.77 Å². The lowest BCUT2D eigenvalue weighted by Crippen LogP contribution is -2.34.